The lowest BCUT2D eigenvalue weighted by atomic mass is 9.84. The van der Waals surface area contributed by atoms with Crippen LogP contribution >= 0.6 is 0 Å². The molecule has 6 rings (SSSR count). The lowest BCUT2D eigenvalue weighted by Gasteiger charge is -2.19. The maximum atomic E-state index is 9.81. The van der Waals surface area contributed by atoms with Crippen LogP contribution in [0.4, 0.5) is 0 Å². The molecule has 1 heterocycles. The molecule has 0 unspecified atom stereocenters. The van der Waals surface area contributed by atoms with E-state index in [9.17, 15) is 5.11 Å². The van der Waals surface area contributed by atoms with E-state index in [4.69, 9.17) is 10.1 Å². The number of aromatic nitrogens is 1. The molecule has 5 aromatic carbocycles. The lowest BCUT2D eigenvalue weighted by molar-refractivity contribution is 0.235. The van der Waals surface area contributed by atoms with Crippen LogP contribution in [0.25, 0.3) is 60.5 Å². The standard InChI is InChI=1S/C41H33N3O2/c1-28(26-45)20-34(23-42)40-36-10-6-7-11-37(36)41(35-21-29(24-44-25-35)27-46-19-18-43-2)38-17-16-33(22-39(38)40)32-14-12-31(13-15-32)30-8-4-3-5-9-30/h3-25,42,45H,1-2,26-27H2/b19-18-,34-20+,42-23?. The van der Waals surface area contributed by atoms with Gasteiger partial charge in [0.05, 0.1) is 12.8 Å². The van der Waals surface area contributed by atoms with Crippen molar-refractivity contribution in [3.05, 3.63) is 157 Å². The van der Waals surface area contributed by atoms with E-state index in [0.29, 0.717) is 17.8 Å². The van der Waals surface area contributed by atoms with E-state index in [1.807, 2.05) is 36.5 Å². The second-order valence-corrected chi connectivity index (χ2v) is 10.9. The molecule has 5 heteroatoms. The SMILES string of the molecule is C=N/C=C\OCc1cncc(-c2c3ccccc3c(/C(C=N)=C/C(=C)CO)c3cc(-c4ccc(-c5ccccc5)cc4)ccc23)c1. The average molecular weight is 600 g/mol. The third kappa shape index (κ3) is 6.18. The average Bonchev–Trinajstić information content (AvgIpc) is 3.11. The first kappa shape index (κ1) is 30.1. The maximum absolute atomic E-state index is 9.81. The zero-order valence-electron chi connectivity index (χ0n) is 25.4. The Bertz CT molecular complexity index is 2130. The van der Waals surface area contributed by atoms with Crippen LogP contribution < -0.4 is 0 Å². The molecule has 0 amide bonds. The summed E-state index contributed by atoms with van der Waals surface area (Å²) in [7, 11) is 0. The molecule has 224 valence electrons. The van der Waals surface area contributed by atoms with E-state index < -0.39 is 0 Å². The fourth-order valence-corrected chi connectivity index (χ4v) is 5.85. The third-order valence-electron chi connectivity index (χ3n) is 7.95. The molecule has 1 aromatic heterocycles. The van der Waals surface area contributed by atoms with Crippen molar-refractivity contribution in [3.8, 4) is 33.4 Å². The Morgan fingerprint density at radius 2 is 1.41 bits per heavy atom. The first-order valence-electron chi connectivity index (χ1n) is 14.9. The number of rotatable bonds is 11. The van der Waals surface area contributed by atoms with Gasteiger partial charge >= 0.3 is 0 Å². The predicted molar refractivity (Wildman–Crippen MR) is 192 cm³/mol. The van der Waals surface area contributed by atoms with Gasteiger partial charge in [0.1, 0.15) is 12.9 Å². The molecule has 6 aromatic rings. The molecule has 2 N–H and O–H groups in total. The van der Waals surface area contributed by atoms with Crippen LogP contribution in [0.1, 0.15) is 11.1 Å². The van der Waals surface area contributed by atoms with Gasteiger partial charge in [0.2, 0.25) is 0 Å². The van der Waals surface area contributed by atoms with Crippen LogP contribution in [0.15, 0.2) is 151 Å². The van der Waals surface area contributed by atoms with Crippen molar-refractivity contribution in [2.75, 3.05) is 6.61 Å². The van der Waals surface area contributed by atoms with E-state index in [0.717, 1.165) is 60.5 Å². The normalized spacial score (nSPS) is 11.6. The molecule has 0 bridgehead atoms. The Morgan fingerprint density at radius 3 is 2.13 bits per heavy atom. The van der Waals surface area contributed by atoms with Gasteiger partial charge in [-0.3, -0.25) is 9.98 Å². The van der Waals surface area contributed by atoms with Gasteiger partial charge in [-0.15, -0.1) is 0 Å². The summed E-state index contributed by atoms with van der Waals surface area (Å²) in [5, 5.41) is 22.3. The van der Waals surface area contributed by atoms with E-state index in [1.54, 1.807) is 12.3 Å². The molecule has 0 saturated carbocycles. The minimum atomic E-state index is -0.192. The number of hydrogen-bond donors (Lipinski definition) is 2. The highest BCUT2D eigenvalue weighted by molar-refractivity contribution is 6.25. The highest BCUT2D eigenvalue weighted by Crippen LogP contribution is 2.43. The third-order valence-corrected chi connectivity index (χ3v) is 7.95. The van der Waals surface area contributed by atoms with Crippen LogP contribution in [0, 0.1) is 5.41 Å². The molecule has 0 aliphatic rings. The number of fused-ring (bicyclic) bond motifs is 2. The monoisotopic (exact) mass is 599 g/mol. The summed E-state index contributed by atoms with van der Waals surface area (Å²) in [5.74, 6) is 0. The Hall–Kier alpha value is -5.91. The van der Waals surface area contributed by atoms with Crippen molar-refractivity contribution in [2.24, 2.45) is 4.99 Å². The van der Waals surface area contributed by atoms with E-state index in [-0.39, 0.29) is 6.61 Å². The molecule has 0 saturated heterocycles. The van der Waals surface area contributed by atoms with Gasteiger partial charge < -0.3 is 15.3 Å². The van der Waals surface area contributed by atoms with Gasteiger partial charge in [-0.25, -0.2) is 0 Å². The molecule has 0 aliphatic heterocycles. The number of pyridine rings is 1. The molecule has 0 aliphatic carbocycles. The summed E-state index contributed by atoms with van der Waals surface area (Å²) >= 11 is 0. The lowest BCUT2D eigenvalue weighted by Crippen LogP contribution is -1.97. The van der Waals surface area contributed by atoms with Gasteiger partial charge in [-0.1, -0.05) is 97.6 Å². The Kier molecular flexibility index (Phi) is 9.04. The largest absolute Gasteiger partial charge is 0.495 e. The first-order chi connectivity index (χ1) is 22.6. The minimum absolute atomic E-state index is 0.192. The molecular formula is C41H33N3O2. The van der Waals surface area contributed by atoms with Gasteiger partial charge in [0.15, 0.2) is 0 Å². The summed E-state index contributed by atoms with van der Waals surface area (Å²) in [5.41, 5.74) is 9.51. The maximum Gasteiger partial charge on any atom is 0.114 e. The van der Waals surface area contributed by atoms with Crippen molar-refractivity contribution >= 4 is 40.1 Å². The van der Waals surface area contributed by atoms with Gasteiger partial charge in [0, 0.05) is 35.3 Å². The number of benzene rings is 5. The van der Waals surface area contributed by atoms with Gasteiger partial charge in [-0.05, 0) is 85.4 Å². The van der Waals surface area contributed by atoms with Crippen LogP contribution in [0.2, 0.25) is 0 Å². The summed E-state index contributed by atoms with van der Waals surface area (Å²) in [6.45, 7) is 7.58. The molecule has 5 nitrogen and oxygen atoms in total. The first-order valence-corrected chi connectivity index (χ1v) is 14.9. The summed E-state index contributed by atoms with van der Waals surface area (Å²) < 4.78 is 5.62. The zero-order chi connectivity index (χ0) is 31.9. The Balaban J connectivity index is 1.59. The molecule has 46 heavy (non-hydrogen) atoms. The second-order valence-electron chi connectivity index (χ2n) is 10.9. The topological polar surface area (TPSA) is 78.6 Å². The Labute approximate surface area is 268 Å². The number of aliphatic hydroxyl groups is 1. The van der Waals surface area contributed by atoms with Crippen molar-refractivity contribution in [1.29, 1.82) is 5.41 Å². The highest BCUT2D eigenvalue weighted by atomic mass is 16.5. The number of aliphatic hydroxyl groups excluding tert-OH is 1. The molecule has 0 spiro atoms. The number of nitrogens with zero attached hydrogens (tertiary/aromatic N) is 2. The van der Waals surface area contributed by atoms with Crippen LogP contribution in [-0.2, 0) is 11.3 Å². The number of aliphatic imine (C=N–C) groups is 1. The van der Waals surface area contributed by atoms with Crippen molar-refractivity contribution in [2.45, 2.75) is 6.61 Å². The molecule has 0 atom stereocenters. The predicted octanol–water partition coefficient (Wildman–Crippen LogP) is 9.66. The van der Waals surface area contributed by atoms with Gasteiger partial charge in [-0.2, -0.15) is 0 Å². The van der Waals surface area contributed by atoms with E-state index >= 15 is 0 Å². The number of hydrogen-bond acceptors (Lipinski definition) is 5. The number of allylic oxidation sites excluding steroid dienone is 1. The molecular weight excluding hydrogens is 566 g/mol. The Morgan fingerprint density at radius 1 is 0.761 bits per heavy atom. The van der Waals surface area contributed by atoms with E-state index in [1.165, 1.54) is 24.2 Å². The summed E-state index contributed by atoms with van der Waals surface area (Å²) in [6, 6.07) is 35.8. The van der Waals surface area contributed by atoms with Crippen molar-refractivity contribution < 1.29 is 9.84 Å². The summed E-state index contributed by atoms with van der Waals surface area (Å²) in [4.78, 5) is 8.26. The fraction of sp³-hybridized carbons (Fsp3) is 0.0488. The van der Waals surface area contributed by atoms with Crippen LogP contribution in [0.3, 0.4) is 0 Å². The van der Waals surface area contributed by atoms with Crippen molar-refractivity contribution in [3.63, 3.8) is 0 Å². The minimum Gasteiger partial charge on any atom is -0.495 e. The van der Waals surface area contributed by atoms with Crippen LogP contribution in [-0.4, -0.2) is 29.6 Å². The fourth-order valence-electron chi connectivity index (χ4n) is 5.85. The zero-order valence-corrected chi connectivity index (χ0v) is 25.4. The van der Waals surface area contributed by atoms with Gasteiger partial charge in [0.25, 0.3) is 0 Å². The number of ether oxygens (including phenoxy) is 1. The molecule has 0 fully saturated rings. The second kappa shape index (κ2) is 13.8. The van der Waals surface area contributed by atoms with E-state index in [2.05, 4.69) is 96.1 Å². The highest BCUT2D eigenvalue weighted by Gasteiger charge is 2.19. The van der Waals surface area contributed by atoms with Crippen molar-refractivity contribution in [1.82, 2.24) is 4.98 Å². The smallest absolute Gasteiger partial charge is 0.114 e. The van der Waals surface area contributed by atoms with Crippen LogP contribution in [0.5, 0.6) is 0 Å². The summed E-state index contributed by atoms with van der Waals surface area (Å²) in [6.07, 6.45) is 9.82. The number of nitrogens with one attached hydrogen (secondary N) is 1. The molecule has 0 radical (unpaired) electrons. The quantitative estimate of drug-likeness (QED) is 0.0674.